The number of unbranched alkanes of at least 4 members (excludes halogenated alkanes) is 1. The Balaban J connectivity index is 1.60. The Hall–Kier alpha value is -3.37. The van der Waals surface area contributed by atoms with Crippen LogP contribution in [0.3, 0.4) is 0 Å². The highest BCUT2D eigenvalue weighted by molar-refractivity contribution is 7.99. The van der Waals surface area contributed by atoms with Gasteiger partial charge in [0.15, 0.2) is 11.0 Å². The summed E-state index contributed by atoms with van der Waals surface area (Å²) in [4.78, 5) is 24.5. The van der Waals surface area contributed by atoms with Gasteiger partial charge in [-0.3, -0.25) is 9.36 Å². The zero-order chi connectivity index (χ0) is 25.0. The summed E-state index contributed by atoms with van der Waals surface area (Å²) in [7, 11) is 3.25. The molecule has 0 aliphatic heterocycles. The third-order valence-corrected chi connectivity index (χ3v) is 6.02. The Kier molecular flexibility index (Phi) is 10.1. The number of rotatable bonds is 13. The molecule has 0 aliphatic rings. The number of hydrogen-bond donors (Lipinski definition) is 1. The second-order valence-electron chi connectivity index (χ2n) is 7.58. The largest absolute Gasteiger partial charge is 0.497 e. The number of esters is 1. The van der Waals surface area contributed by atoms with Crippen LogP contribution in [0.1, 0.15) is 30.1 Å². The summed E-state index contributed by atoms with van der Waals surface area (Å²) < 4.78 is 17.6. The molecule has 9 nitrogen and oxygen atoms in total. The van der Waals surface area contributed by atoms with Gasteiger partial charge in [-0.05, 0) is 55.0 Å². The fourth-order valence-corrected chi connectivity index (χ4v) is 3.91. The molecule has 1 amide bonds. The average Bonchev–Trinajstić information content (AvgIpc) is 3.29. The SMILES string of the molecule is CCCCOC(=O)c1ccc(NC(=O)CSc2nnc(-c3ccc(OC)cc3)n2CCOC)cc1. The van der Waals surface area contributed by atoms with Crippen LogP contribution >= 0.6 is 11.8 Å². The molecule has 1 aromatic heterocycles. The van der Waals surface area contributed by atoms with Gasteiger partial charge in [-0.25, -0.2) is 4.79 Å². The highest BCUT2D eigenvalue weighted by atomic mass is 32.2. The molecule has 0 saturated heterocycles. The van der Waals surface area contributed by atoms with Crippen molar-refractivity contribution in [2.75, 3.05) is 38.5 Å². The molecule has 1 N–H and O–H groups in total. The molecule has 0 atom stereocenters. The minimum atomic E-state index is -0.366. The molecule has 35 heavy (non-hydrogen) atoms. The van der Waals surface area contributed by atoms with E-state index >= 15 is 0 Å². The van der Waals surface area contributed by atoms with Crippen molar-refractivity contribution in [3.05, 3.63) is 54.1 Å². The summed E-state index contributed by atoms with van der Waals surface area (Å²) in [6, 6.07) is 14.2. The Bertz CT molecular complexity index is 1100. The van der Waals surface area contributed by atoms with Crippen molar-refractivity contribution in [2.45, 2.75) is 31.5 Å². The minimum Gasteiger partial charge on any atom is -0.497 e. The topological polar surface area (TPSA) is 105 Å². The number of hydrogen-bond acceptors (Lipinski definition) is 8. The first-order chi connectivity index (χ1) is 17.0. The van der Waals surface area contributed by atoms with Gasteiger partial charge in [-0.1, -0.05) is 25.1 Å². The second-order valence-corrected chi connectivity index (χ2v) is 8.53. The molecule has 186 valence electrons. The first-order valence-electron chi connectivity index (χ1n) is 11.3. The van der Waals surface area contributed by atoms with Crippen LogP contribution in [0, 0.1) is 0 Å². The van der Waals surface area contributed by atoms with E-state index in [1.807, 2.05) is 35.8 Å². The summed E-state index contributed by atoms with van der Waals surface area (Å²) >= 11 is 1.29. The number of ether oxygens (including phenoxy) is 3. The smallest absolute Gasteiger partial charge is 0.338 e. The zero-order valence-electron chi connectivity index (χ0n) is 20.2. The van der Waals surface area contributed by atoms with Gasteiger partial charge in [0, 0.05) is 18.4 Å². The van der Waals surface area contributed by atoms with Crippen molar-refractivity contribution in [1.29, 1.82) is 0 Å². The van der Waals surface area contributed by atoms with Gasteiger partial charge >= 0.3 is 5.97 Å². The first kappa shape index (κ1) is 26.2. The fraction of sp³-hybridized carbons (Fsp3) is 0.360. The normalized spacial score (nSPS) is 10.7. The molecule has 3 aromatic rings. The molecule has 0 radical (unpaired) electrons. The molecule has 0 spiro atoms. The monoisotopic (exact) mass is 498 g/mol. The molecule has 0 fully saturated rings. The summed E-state index contributed by atoms with van der Waals surface area (Å²) in [5, 5.41) is 12.1. The molecule has 0 aliphatic carbocycles. The Morgan fingerprint density at radius 3 is 2.40 bits per heavy atom. The van der Waals surface area contributed by atoms with Crippen LogP contribution in [0.4, 0.5) is 5.69 Å². The van der Waals surface area contributed by atoms with Crippen molar-refractivity contribution in [2.24, 2.45) is 0 Å². The number of nitrogens with one attached hydrogen (secondary N) is 1. The number of methoxy groups -OCH3 is 2. The van der Waals surface area contributed by atoms with Gasteiger partial charge in [0.25, 0.3) is 0 Å². The lowest BCUT2D eigenvalue weighted by molar-refractivity contribution is -0.113. The second kappa shape index (κ2) is 13.5. The third-order valence-electron chi connectivity index (χ3n) is 5.05. The maximum absolute atomic E-state index is 12.5. The number of anilines is 1. The van der Waals surface area contributed by atoms with E-state index in [0.717, 1.165) is 24.2 Å². The van der Waals surface area contributed by atoms with Crippen LogP contribution in [0.15, 0.2) is 53.7 Å². The van der Waals surface area contributed by atoms with Crippen molar-refractivity contribution in [3.8, 4) is 17.1 Å². The van der Waals surface area contributed by atoms with Gasteiger partial charge in [0.2, 0.25) is 5.91 Å². The number of carbonyl (C=O) groups is 2. The van der Waals surface area contributed by atoms with Crippen molar-refractivity contribution < 1.29 is 23.8 Å². The lowest BCUT2D eigenvalue weighted by Crippen LogP contribution is -2.15. The van der Waals surface area contributed by atoms with Gasteiger partial charge in [0.1, 0.15) is 5.75 Å². The fourth-order valence-electron chi connectivity index (χ4n) is 3.14. The molecular weight excluding hydrogens is 468 g/mol. The van der Waals surface area contributed by atoms with E-state index in [4.69, 9.17) is 14.2 Å². The number of amides is 1. The zero-order valence-corrected chi connectivity index (χ0v) is 21.0. The highest BCUT2D eigenvalue weighted by Gasteiger charge is 2.16. The quantitative estimate of drug-likeness (QED) is 0.211. The van der Waals surface area contributed by atoms with E-state index in [9.17, 15) is 9.59 Å². The Labute approximate surface area is 209 Å². The first-order valence-corrected chi connectivity index (χ1v) is 12.3. The average molecular weight is 499 g/mol. The van der Waals surface area contributed by atoms with Crippen molar-refractivity contribution >= 4 is 29.3 Å². The van der Waals surface area contributed by atoms with E-state index < -0.39 is 0 Å². The molecule has 0 unspecified atom stereocenters. The molecule has 3 rings (SSSR count). The predicted molar refractivity (Wildman–Crippen MR) is 135 cm³/mol. The van der Waals surface area contributed by atoms with Crippen LogP contribution in [0.25, 0.3) is 11.4 Å². The van der Waals surface area contributed by atoms with Gasteiger partial charge < -0.3 is 19.5 Å². The lowest BCUT2D eigenvalue weighted by Gasteiger charge is -2.10. The van der Waals surface area contributed by atoms with E-state index in [0.29, 0.717) is 42.0 Å². The van der Waals surface area contributed by atoms with E-state index in [2.05, 4.69) is 15.5 Å². The van der Waals surface area contributed by atoms with Crippen molar-refractivity contribution in [1.82, 2.24) is 14.8 Å². The predicted octanol–water partition coefficient (Wildman–Crippen LogP) is 4.29. The minimum absolute atomic E-state index is 0.147. The van der Waals surface area contributed by atoms with E-state index in [-0.39, 0.29) is 17.6 Å². The summed E-state index contributed by atoms with van der Waals surface area (Å²) in [5.74, 6) is 1.03. The molecule has 2 aromatic carbocycles. The molecule has 1 heterocycles. The number of aromatic nitrogens is 3. The van der Waals surface area contributed by atoms with Gasteiger partial charge in [-0.2, -0.15) is 0 Å². The molecule has 0 bridgehead atoms. The van der Waals surface area contributed by atoms with Gasteiger partial charge in [-0.15, -0.1) is 10.2 Å². The standard InChI is InChI=1S/C25H30N4O5S/c1-4-5-15-34-24(31)19-6-10-20(11-7-19)26-22(30)17-35-25-28-27-23(29(25)14-16-32-2)18-8-12-21(33-3)13-9-18/h6-13H,4-5,14-17H2,1-3H3,(H,26,30). The van der Waals surface area contributed by atoms with Crippen LogP contribution in [-0.4, -0.2) is 59.8 Å². The molecular formula is C25H30N4O5S. The summed E-state index contributed by atoms with van der Waals surface area (Å²) in [5.41, 5.74) is 1.94. The van der Waals surface area contributed by atoms with E-state index in [1.54, 1.807) is 38.5 Å². The maximum atomic E-state index is 12.5. The Morgan fingerprint density at radius 2 is 1.74 bits per heavy atom. The third kappa shape index (κ3) is 7.56. The maximum Gasteiger partial charge on any atom is 0.338 e. The van der Waals surface area contributed by atoms with E-state index in [1.165, 1.54) is 11.8 Å². The number of thioether (sulfide) groups is 1. The number of carbonyl (C=O) groups excluding carboxylic acids is 2. The van der Waals surface area contributed by atoms with Crippen LogP contribution < -0.4 is 10.1 Å². The number of nitrogens with zero attached hydrogens (tertiary/aromatic N) is 3. The molecule has 0 saturated carbocycles. The molecule has 10 heteroatoms. The van der Waals surface area contributed by atoms with Crippen molar-refractivity contribution in [3.63, 3.8) is 0 Å². The highest BCUT2D eigenvalue weighted by Crippen LogP contribution is 2.26. The van der Waals surface area contributed by atoms with Crippen LogP contribution in [0.5, 0.6) is 5.75 Å². The lowest BCUT2D eigenvalue weighted by atomic mass is 10.2. The number of benzene rings is 2. The van der Waals surface area contributed by atoms with Crippen LogP contribution in [-0.2, 0) is 20.8 Å². The van der Waals surface area contributed by atoms with Gasteiger partial charge in [0.05, 0.1) is 38.2 Å². The summed E-state index contributed by atoms with van der Waals surface area (Å²) in [6.45, 7) is 3.46. The summed E-state index contributed by atoms with van der Waals surface area (Å²) in [6.07, 6.45) is 1.79. The Morgan fingerprint density at radius 1 is 1.00 bits per heavy atom. The van der Waals surface area contributed by atoms with Crippen LogP contribution in [0.2, 0.25) is 0 Å².